The van der Waals surface area contributed by atoms with Gasteiger partial charge in [0.1, 0.15) is 0 Å². The molecule has 0 unspecified atom stereocenters. The summed E-state index contributed by atoms with van der Waals surface area (Å²) in [6, 6.07) is 7.53. The molecule has 1 aromatic carbocycles. The first-order valence-corrected chi connectivity index (χ1v) is 7.96. The first-order chi connectivity index (χ1) is 10.6. The van der Waals surface area contributed by atoms with Gasteiger partial charge in [0.05, 0.1) is 6.54 Å². The van der Waals surface area contributed by atoms with E-state index in [1.807, 2.05) is 19.1 Å². The van der Waals surface area contributed by atoms with Crippen molar-refractivity contribution in [2.45, 2.75) is 33.7 Å². The molecule has 0 aliphatic heterocycles. The molecular formula is C17H27N3O2. The molecular weight excluding hydrogens is 278 g/mol. The van der Waals surface area contributed by atoms with Gasteiger partial charge in [-0.3, -0.25) is 14.5 Å². The summed E-state index contributed by atoms with van der Waals surface area (Å²) in [5.74, 6) is -0.380. The highest BCUT2D eigenvalue weighted by molar-refractivity contribution is 5.96. The number of carbonyl (C=O) groups excluding carboxylic acids is 2. The zero-order valence-corrected chi connectivity index (χ0v) is 13.8. The third-order valence-electron chi connectivity index (χ3n) is 3.50. The normalized spacial score (nSPS) is 10.5. The summed E-state index contributed by atoms with van der Waals surface area (Å²) in [5.41, 5.74) is 1.76. The molecule has 2 amide bonds. The van der Waals surface area contributed by atoms with Crippen molar-refractivity contribution in [2.75, 3.05) is 26.2 Å². The van der Waals surface area contributed by atoms with Crippen LogP contribution >= 0.6 is 0 Å². The molecule has 1 rings (SSSR count). The number of carbonyl (C=O) groups is 2. The van der Waals surface area contributed by atoms with Crippen LogP contribution in [0.25, 0.3) is 0 Å². The number of hydrogen-bond acceptors (Lipinski definition) is 3. The second-order valence-corrected chi connectivity index (χ2v) is 5.19. The summed E-state index contributed by atoms with van der Waals surface area (Å²) < 4.78 is 0. The van der Waals surface area contributed by atoms with Crippen LogP contribution in [0.3, 0.4) is 0 Å². The fourth-order valence-corrected chi connectivity index (χ4v) is 2.06. The predicted molar refractivity (Wildman–Crippen MR) is 88.7 cm³/mol. The van der Waals surface area contributed by atoms with Crippen molar-refractivity contribution in [2.24, 2.45) is 0 Å². The van der Waals surface area contributed by atoms with E-state index in [1.54, 1.807) is 12.1 Å². The fourth-order valence-electron chi connectivity index (χ4n) is 2.06. The van der Waals surface area contributed by atoms with Crippen molar-refractivity contribution in [3.05, 3.63) is 35.4 Å². The molecule has 0 aliphatic rings. The lowest BCUT2D eigenvalue weighted by Gasteiger charge is -2.18. The van der Waals surface area contributed by atoms with Gasteiger partial charge in [0.25, 0.3) is 5.91 Å². The van der Waals surface area contributed by atoms with Crippen LogP contribution in [0, 0.1) is 0 Å². The minimum Gasteiger partial charge on any atom is -0.355 e. The first kappa shape index (κ1) is 18.2. The van der Waals surface area contributed by atoms with Crippen molar-refractivity contribution >= 4 is 11.8 Å². The van der Waals surface area contributed by atoms with Crippen molar-refractivity contribution in [3.63, 3.8) is 0 Å². The molecule has 0 saturated carbocycles. The molecule has 0 atom stereocenters. The molecule has 0 fully saturated rings. The van der Waals surface area contributed by atoms with Crippen LogP contribution in [0.15, 0.2) is 24.3 Å². The average molecular weight is 305 g/mol. The van der Waals surface area contributed by atoms with E-state index >= 15 is 0 Å². The van der Waals surface area contributed by atoms with Crippen LogP contribution in [0.4, 0.5) is 0 Å². The second kappa shape index (κ2) is 9.95. The Hall–Kier alpha value is -1.88. The summed E-state index contributed by atoms with van der Waals surface area (Å²) >= 11 is 0. The van der Waals surface area contributed by atoms with Gasteiger partial charge >= 0.3 is 0 Å². The molecule has 122 valence electrons. The third-order valence-corrected chi connectivity index (χ3v) is 3.50. The van der Waals surface area contributed by atoms with E-state index in [-0.39, 0.29) is 18.4 Å². The summed E-state index contributed by atoms with van der Waals surface area (Å²) in [6.07, 6.45) is 0.883. The summed E-state index contributed by atoms with van der Waals surface area (Å²) in [6.45, 7) is 9.79. The summed E-state index contributed by atoms with van der Waals surface area (Å²) in [7, 11) is 0. The molecule has 0 aromatic heterocycles. The van der Waals surface area contributed by atoms with Gasteiger partial charge in [-0.1, -0.05) is 32.9 Å². The topological polar surface area (TPSA) is 61.4 Å². The minimum atomic E-state index is -0.221. The van der Waals surface area contributed by atoms with E-state index in [9.17, 15) is 9.59 Å². The Balaban J connectivity index is 2.48. The van der Waals surface area contributed by atoms with Crippen LogP contribution in [-0.2, 0) is 11.3 Å². The highest BCUT2D eigenvalue weighted by Crippen LogP contribution is 2.07. The Bertz CT molecular complexity index is 467. The molecule has 5 heteroatoms. The Kier molecular flexibility index (Phi) is 8.22. The van der Waals surface area contributed by atoms with Crippen molar-refractivity contribution in [3.8, 4) is 0 Å². The van der Waals surface area contributed by atoms with Crippen molar-refractivity contribution < 1.29 is 9.59 Å². The number of nitrogens with one attached hydrogen (secondary N) is 2. The van der Waals surface area contributed by atoms with Gasteiger partial charge in [0.2, 0.25) is 5.91 Å². The molecule has 0 radical (unpaired) electrons. The fraction of sp³-hybridized carbons (Fsp3) is 0.529. The Morgan fingerprint density at radius 2 is 1.64 bits per heavy atom. The van der Waals surface area contributed by atoms with Crippen LogP contribution < -0.4 is 10.6 Å². The first-order valence-electron chi connectivity index (χ1n) is 7.96. The molecule has 0 heterocycles. The molecule has 5 nitrogen and oxygen atoms in total. The lowest BCUT2D eigenvalue weighted by Crippen LogP contribution is -2.37. The van der Waals surface area contributed by atoms with Gasteiger partial charge in [0, 0.05) is 18.7 Å². The van der Waals surface area contributed by atoms with Crippen LogP contribution in [-0.4, -0.2) is 42.9 Å². The molecule has 2 N–H and O–H groups in total. The van der Waals surface area contributed by atoms with Gasteiger partial charge < -0.3 is 10.6 Å². The van der Waals surface area contributed by atoms with Gasteiger partial charge in [-0.25, -0.2) is 0 Å². The number of hydrogen-bond donors (Lipinski definition) is 2. The molecule has 22 heavy (non-hydrogen) atoms. The summed E-state index contributed by atoms with van der Waals surface area (Å²) in [5, 5.41) is 5.35. The smallest absolute Gasteiger partial charge is 0.251 e. The molecule has 0 bridgehead atoms. The molecule has 1 aromatic rings. The molecule has 0 spiro atoms. The quantitative estimate of drug-likeness (QED) is 0.731. The van der Waals surface area contributed by atoms with E-state index in [0.29, 0.717) is 12.1 Å². The number of rotatable bonds is 9. The number of amides is 2. The van der Waals surface area contributed by atoms with Crippen LogP contribution in [0.5, 0.6) is 0 Å². The Morgan fingerprint density at radius 1 is 1.00 bits per heavy atom. The van der Waals surface area contributed by atoms with Gasteiger partial charge in [0.15, 0.2) is 0 Å². The maximum atomic E-state index is 12.0. The average Bonchev–Trinajstić information content (AvgIpc) is 2.56. The van der Waals surface area contributed by atoms with E-state index < -0.39 is 0 Å². The van der Waals surface area contributed by atoms with E-state index in [2.05, 4.69) is 29.4 Å². The maximum Gasteiger partial charge on any atom is 0.251 e. The zero-order valence-electron chi connectivity index (χ0n) is 13.8. The predicted octanol–water partition coefficient (Wildman–Crippen LogP) is 1.78. The van der Waals surface area contributed by atoms with Gasteiger partial charge in [-0.15, -0.1) is 0 Å². The number of benzene rings is 1. The van der Waals surface area contributed by atoms with E-state index in [1.165, 1.54) is 5.56 Å². The van der Waals surface area contributed by atoms with Crippen LogP contribution in [0.1, 0.15) is 43.1 Å². The Labute approximate surface area is 133 Å². The molecule has 0 aliphatic carbocycles. The SMILES string of the molecule is CCCNC(=O)CNC(=O)c1ccc(CN(CC)CC)cc1. The van der Waals surface area contributed by atoms with Gasteiger partial charge in [-0.2, -0.15) is 0 Å². The second-order valence-electron chi connectivity index (χ2n) is 5.19. The lowest BCUT2D eigenvalue weighted by atomic mass is 10.1. The maximum absolute atomic E-state index is 12.0. The number of nitrogens with zero attached hydrogens (tertiary/aromatic N) is 1. The standard InChI is InChI=1S/C17H27N3O2/c1-4-11-18-16(21)12-19-17(22)15-9-7-14(8-10-15)13-20(5-2)6-3/h7-10H,4-6,11-13H2,1-3H3,(H,18,21)(H,19,22). The van der Waals surface area contributed by atoms with E-state index in [0.717, 1.165) is 26.1 Å². The van der Waals surface area contributed by atoms with E-state index in [4.69, 9.17) is 0 Å². The Morgan fingerprint density at radius 3 is 2.18 bits per heavy atom. The monoisotopic (exact) mass is 305 g/mol. The van der Waals surface area contributed by atoms with Crippen molar-refractivity contribution in [1.82, 2.24) is 15.5 Å². The highest BCUT2D eigenvalue weighted by Gasteiger charge is 2.08. The van der Waals surface area contributed by atoms with Crippen LogP contribution in [0.2, 0.25) is 0 Å². The third kappa shape index (κ3) is 6.26. The largest absolute Gasteiger partial charge is 0.355 e. The zero-order chi connectivity index (χ0) is 16.4. The van der Waals surface area contributed by atoms with Crippen molar-refractivity contribution in [1.29, 1.82) is 0 Å². The lowest BCUT2D eigenvalue weighted by molar-refractivity contribution is -0.120. The highest BCUT2D eigenvalue weighted by atomic mass is 16.2. The summed E-state index contributed by atoms with van der Waals surface area (Å²) in [4.78, 5) is 25.7. The van der Waals surface area contributed by atoms with Gasteiger partial charge in [-0.05, 0) is 37.2 Å². The molecule has 0 saturated heterocycles. The minimum absolute atomic E-state index is 0.0139.